The third-order valence-corrected chi connectivity index (χ3v) is 23.0. The number of nitrogens with zero attached hydrogens (tertiary/aromatic N) is 2. The molecule has 0 aromatic rings. The van der Waals surface area contributed by atoms with Crippen molar-refractivity contribution in [2.45, 2.75) is 326 Å². The maximum Gasteiger partial charge on any atom is 0.217 e. The van der Waals surface area contributed by atoms with Crippen molar-refractivity contribution in [1.29, 1.82) is 0 Å². The van der Waals surface area contributed by atoms with Gasteiger partial charge >= 0.3 is 0 Å². The van der Waals surface area contributed by atoms with Gasteiger partial charge in [0, 0.05) is 67.9 Å². The molecule has 684 valence electrons. The Morgan fingerprint density at radius 3 is 0.872 bits per heavy atom. The van der Waals surface area contributed by atoms with Crippen molar-refractivity contribution < 1.29 is 168 Å². The highest BCUT2D eigenvalue weighted by Crippen LogP contribution is 2.38. The van der Waals surface area contributed by atoms with Crippen molar-refractivity contribution in [1.82, 2.24) is 26.6 Å². The minimum atomic E-state index is -1.50. The molecule has 48 heteroatoms. The van der Waals surface area contributed by atoms with Crippen molar-refractivity contribution in [3.8, 4) is 0 Å². The third-order valence-electron chi connectivity index (χ3n) is 21.7. The maximum atomic E-state index is 11.9. The number of ether oxygens (including phenoxy) is 13. The molecule has 9 aliphatic rings. The number of aliphatic hydroxyl groups is 16. The zero-order chi connectivity index (χ0) is 87.9. The van der Waals surface area contributed by atoms with Gasteiger partial charge in [-0.2, -0.15) is 24.4 Å². The van der Waals surface area contributed by atoms with Gasteiger partial charge in [-0.3, -0.25) is 14.4 Å². The Labute approximate surface area is 693 Å². The second kappa shape index (κ2) is 50.2. The van der Waals surface area contributed by atoms with Crippen LogP contribution in [0.1, 0.15) is 83.1 Å². The number of amides is 3. The van der Waals surface area contributed by atoms with E-state index in [9.17, 15) is 96.1 Å². The van der Waals surface area contributed by atoms with Gasteiger partial charge in [-0.25, -0.2) is 0 Å². The van der Waals surface area contributed by atoms with E-state index in [1.807, 2.05) is 18.7 Å². The van der Waals surface area contributed by atoms with Crippen LogP contribution in [0.4, 0.5) is 0 Å². The first-order valence-corrected chi connectivity index (χ1v) is 40.8. The summed E-state index contributed by atoms with van der Waals surface area (Å²) < 4.78 is 79.9. The van der Waals surface area contributed by atoms with E-state index >= 15 is 0 Å². The fourth-order valence-corrected chi connectivity index (χ4v) is 15.0. The fraction of sp³-hybridized carbons (Fsp3) is 0.957. The summed E-state index contributed by atoms with van der Waals surface area (Å²) in [6.45, 7) is 15.9. The molecule has 0 bridgehead atoms. The van der Waals surface area contributed by atoms with Crippen LogP contribution in [0.15, 0.2) is 9.87 Å². The minimum Gasteiger partial charge on any atom is -0.394 e. The van der Waals surface area contributed by atoms with Gasteiger partial charge in [-0.15, -0.1) is 4.91 Å². The molecule has 9 aliphatic heterocycles. The van der Waals surface area contributed by atoms with Crippen LogP contribution in [-0.2, 0) is 93.2 Å². The van der Waals surface area contributed by atoms with Crippen LogP contribution in [0.2, 0.25) is 0 Å². The van der Waals surface area contributed by atoms with Crippen LogP contribution in [0.3, 0.4) is 0 Å². The fourth-order valence-electron chi connectivity index (χ4n) is 14.6. The van der Waals surface area contributed by atoms with Crippen LogP contribution in [0.25, 0.3) is 0 Å². The van der Waals surface area contributed by atoms with Crippen LogP contribution in [0.5, 0.6) is 0 Å². The van der Waals surface area contributed by atoms with E-state index in [0.29, 0.717) is 0 Å². The number of rotatable bonds is 29. The summed E-state index contributed by atoms with van der Waals surface area (Å²) in [6.07, 6.45) is -32.3. The first kappa shape index (κ1) is 105. The Morgan fingerprint density at radius 2 is 0.650 bits per heavy atom. The van der Waals surface area contributed by atoms with Gasteiger partial charge in [-0.1, -0.05) is 34.6 Å². The zero-order valence-corrected chi connectivity index (χ0v) is 70.0. The summed E-state index contributed by atoms with van der Waals surface area (Å²) in [6, 6.07) is -7.64. The summed E-state index contributed by atoms with van der Waals surface area (Å²) in [5.41, 5.74) is 18.1. The van der Waals surface area contributed by atoms with Crippen LogP contribution >= 0.6 is 24.4 Å². The Bertz CT molecular complexity index is 2910. The first-order valence-electron chi connectivity index (χ1n) is 38.9. The molecule has 3 amide bonds. The monoisotopic (exact) mass is 1750 g/mol. The Balaban J connectivity index is 0.000000307. The van der Waals surface area contributed by atoms with Crippen LogP contribution in [-0.4, -0.2) is 419 Å². The molecular weight excluding hydrogens is 1620 g/mol. The Hall–Kier alpha value is -3.03. The van der Waals surface area contributed by atoms with Crippen molar-refractivity contribution >= 4 is 54.5 Å². The Kier molecular flexibility index (Phi) is 44.8. The number of carbonyl (C=O) groups is 3. The van der Waals surface area contributed by atoms with E-state index in [-0.39, 0.29) is 24.9 Å². The number of thiol groups is 1. The molecular formula is C69H130N10O35S3. The zero-order valence-electron chi connectivity index (χ0n) is 67.4. The number of carbonyl (C=O) groups excluding carboxylic acids is 3. The molecule has 0 saturated carbocycles. The summed E-state index contributed by atoms with van der Waals surface area (Å²) >= 11 is 10.9. The molecule has 0 aromatic carbocycles. The second-order valence-corrected chi connectivity index (χ2v) is 33.2. The molecule has 28 N–H and O–H groups in total. The van der Waals surface area contributed by atoms with Gasteiger partial charge in [-0.05, 0) is 32.2 Å². The summed E-state index contributed by atoms with van der Waals surface area (Å²) in [5.74, 6) is -1.53. The molecule has 43 atom stereocenters. The molecule has 0 aromatic heterocycles. The lowest BCUT2D eigenvalue weighted by molar-refractivity contribution is -0.344. The summed E-state index contributed by atoms with van der Waals surface area (Å²) in [5, 5.41) is 189. The highest BCUT2D eigenvalue weighted by molar-refractivity contribution is 8.06. The summed E-state index contributed by atoms with van der Waals surface area (Å²) in [7, 11) is 0. The molecule has 0 spiro atoms. The topological polar surface area (TPSA) is 704 Å². The van der Waals surface area contributed by atoms with Gasteiger partial charge in [0.1, 0.15) is 116 Å². The molecule has 9 rings (SSSR count). The third kappa shape index (κ3) is 28.5. The number of hydrogen-bond acceptors (Lipinski definition) is 44. The maximum absolute atomic E-state index is 11.9. The molecule has 19 unspecified atom stereocenters. The van der Waals surface area contributed by atoms with E-state index in [1.54, 1.807) is 48.5 Å². The van der Waals surface area contributed by atoms with Gasteiger partial charge in [0.05, 0.1) is 150 Å². The molecule has 9 saturated heterocycles. The normalized spacial score (nSPS) is 44.4. The van der Waals surface area contributed by atoms with E-state index in [2.05, 4.69) is 63.1 Å². The predicted molar refractivity (Wildman–Crippen MR) is 412 cm³/mol. The average molecular weight is 1760 g/mol. The highest BCUT2D eigenvalue weighted by Gasteiger charge is 2.57. The molecule has 45 nitrogen and oxygen atoms in total. The number of thioether (sulfide) groups is 1. The molecule has 0 radical (unpaired) electrons. The van der Waals surface area contributed by atoms with Crippen molar-refractivity contribution in [2.24, 2.45) is 44.8 Å². The highest BCUT2D eigenvalue weighted by atomic mass is 32.2. The molecule has 117 heavy (non-hydrogen) atoms. The smallest absolute Gasteiger partial charge is 0.217 e. The van der Waals surface area contributed by atoms with Gasteiger partial charge in [0.2, 0.25) is 17.7 Å². The Morgan fingerprint density at radius 1 is 0.427 bits per heavy atom. The van der Waals surface area contributed by atoms with E-state index < -0.39 is 314 Å². The standard InChI is InChI=1S/C25H46N4O13S.C25H47N3O12S.C16H30N2O8.C3H6S.HNO2/c1-9(42-29-43)5-27-17-21(36)23(41-25-18(28-12(4)33)19(34)10(2)13(6-30)38-25)15(8-32)39-24(17)40-22-14(7-31)37-11(3)16(26)20(22)35;1-9(41)5-27-17-21(35)23(40-25-18(28-12(4)32)19(33)10(2)13(6-29)37-25)15(8-31)38-24(17)39-22-14(7-30)36-11(3)16(26)20(22)34;1-6-9(4-19)25-16(12(13(6)22)18-8(3)21)26-15-10(5-20)24-7(2)11(17)14(15)23;1-3-2-4-3;2-1-3/h9-11,13-25,27,30-32,34-36H,5-8,26H2,1-4H3,(H,28,33);9-11,13-25,27,29-31,33-35,41H,5-8,26H2,1-4H3,(H,28,32);6-7,9-16,19-20,22-23H,4-5,17H2,1-3H3,(H,18,21);3H,2H2,1H3;(H,2,3)/t2*9?,10-,11-,13?,14?,15?,16?,17?,18?,19-,20+,21+,22+,23+,24-,25-;6-,7-,9?,10?,11?,12?,13-,14+,15+,16-;;/m000../s1. The van der Waals surface area contributed by atoms with Crippen molar-refractivity contribution in [3.63, 3.8) is 0 Å². The number of hydrogen-bond donors (Lipinski definition) is 26. The average Bonchev–Trinajstić information content (AvgIpc) is 1.27. The number of aliphatic hydroxyl groups excluding tert-OH is 16. The van der Waals surface area contributed by atoms with Gasteiger partial charge in [0.25, 0.3) is 0 Å². The molecule has 9 heterocycles. The van der Waals surface area contributed by atoms with Crippen LogP contribution < -0.4 is 43.8 Å². The quantitative estimate of drug-likeness (QED) is 0.0143. The molecule has 9 fully saturated rings. The van der Waals surface area contributed by atoms with Gasteiger partial charge < -0.3 is 197 Å². The van der Waals surface area contributed by atoms with E-state index in [0.717, 1.165) is 5.25 Å². The lowest BCUT2D eigenvalue weighted by atomic mass is 9.89. The summed E-state index contributed by atoms with van der Waals surface area (Å²) in [4.78, 5) is 48.5. The van der Waals surface area contributed by atoms with E-state index in [4.69, 9.17) is 93.7 Å². The van der Waals surface area contributed by atoms with E-state index in [1.165, 1.54) is 31.9 Å². The largest absolute Gasteiger partial charge is 0.394 e. The lowest BCUT2D eigenvalue weighted by Crippen LogP contribution is -2.70. The first-order chi connectivity index (χ1) is 55.2. The van der Waals surface area contributed by atoms with Crippen molar-refractivity contribution in [3.05, 3.63) is 4.91 Å². The number of nitrogens with one attached hydrogen (secondary N) is 5. The minimum absolute atomic E-state index is 0.0720. The van der Waals surface area contributed by atoms with Crippen LogP contribution in [0, 0.1) is 22.7 Å². The SMILES string of the molecule is CC(=O)NC1[C@H](O[C@@H]2C(CO)O[C@@H](C)C(N)[C@H]2O)OC(CO)[C@H](C)[C@@H]1O.CC(=O)NC1[C@H](O[C@@H]2C(CO)O[C@@H](O[C@@H]3C(CO)O[C@@H](C)C(N)[C@H]3O)C(NCC(C)ON=S)[C@H]2O)OC(CO)[C@H](C)[C@@H]1O.CC(=O)NC1[C@H](O[C@@H]2C(CO)O[C@@H](O[C@@H]3C(CO)O[C@@H](C)C(N)[C@H]3O)C(NCC(C)S)[C@H]2O)OC(CO)[C@H](C)[C@@H]1O.CC1CS1.O=NO. The van der Waals surface area contributed by atoms with Gasteiger partial charge in [0.15, 0.2) is 36.8 Å². The predicted octanol–water partition coefficient (Wildman–Crippen LogP) is -10.3. The second-order valence-electron chi connectivity index (χ2n) is 30.7. The lowest BCUT2D eigenvalue weighted by Gasteiger charge is -2.50. The molecule has 0 aliphatic carbocycles. The number of nitrogens with two attached hydrogens (primary N) is 3. The van der Waals surface area contributed by atoms with Crippen molar-refractivity contribution in [2.75, 3.05) is 71.7 Å².